The molecule has 1 rings (SSSR count). The van der Waals surface area contributed by atoms with Gasteiger partial charge < -0.3 is 20.6 Å². The maximum Gasteiger partial charge on any atom is 0.200 e. The molecule has 4 nitrogen and oxygen atoms in total. The smallest absolute Gasteiger partial charge is 0.200 e. The number of phenolic OH excluding ortho intramolecular Hbond substituents is 3. The van der Waals surface area contributed by atoms with Gasteiger partial charge in [0.05, 0.1) is 0 Å². The van der Waals surface area contributed by atoms with Crippen molar-refractivity contribution in [1.29, 1.82) is 0 Å². The summed E-state index contributed by atoms with van der Waals surface area (Å²) >= 11 is 0. The molecular weight excluding hydrogens is 242 g/mol. The highest BCUT2D eigenvalue weighted by molar-refractivity contribution is 5.52. The number of nitrogens with one attached hydrogen (secondary N) is 1. The summed E-state index contributed by atoms with van der Waals surface area (Å²) in [7, 11) is 0. The van der Waals surface area contributed by atoms with Crippen molar-refractivity contribution in [1.82, 2.24) is 5.32 Å². The predicted molar refractivity (Wildman–Crippen MR) is 76.4 cm³/mol. The summed E-state index contributed by atoms with van der Waals surface area (Å²) in [6.45, 7) is 7.22. The van der Waals surface area contributed by atoms with Crippen LogP contribution in [0, 0.1) is 5.92 Å². The maximum atomic E-state index is 9.65. The van der Waals surface area contributed by atoms with Crippen LogP contribution in [0.3, 0.4) is 0 Å². The van der Waals surface area contributed by atoms with E-state index in [4.69, 9.17) is 0 Å². The molecule has 0 aromatic heterocycles. The quantitative estimate of drug-likeness (QED) is 0.331. The van der Waals surface area contributed by atoms with Crippen LogP contribution in [0.1, 0.15) is 31.7 Å². The van der Waals surface area contributed by atoms with Gasteiger partial charge in [-0.1, -0.05) is 25.5 Å². The molecule has 1 unspecified atom stereocenters. The van der Waals surface area contributed by atoms with Crippen LogP contribution in [0.5, 0.6) is 17.2 Å². The fourth-order valence-corrected chi connectivity index (χ4v) is 2.01. The molecule has 0 heterocycles. The lowest BCUT2D eigenvalue weighted by atomic mass is 9.98. The lowest BCUT2D eigenvalue weighted by Crippen LogP contribution is -2.17. The van der Waals surface area contributed by atoms with Crippen molar-refractivity contribution in [3.63, 3.8) is 0 Å². The normalized spacial score (nSPS) is 12.3. The maximum absolute atomic E-state index is 9.65. The highest BCUT2D eigenvalue weighted by Crippen LogP contribution is 2.36. The predicted octanol–water partition coefficient (Wildman–Crippen LogP) is 2.89. The van der Waals surface area contributed by atoms with Gasteiger partial charge in [-0.3, -0.25) is 0 Å². The van der Waals surface area contributed by atoms with Gasteiger partial charge >= 0.3 is 0 Å². The third kappa shape index (κ3) is 4.48. The van der Waals surface area contributed by atoms with E-state index in [0.717, 1.165) is 25.8 Å². The number of aromatic hydroxyl groups is 3. The summed E-state index contributed by atoms with van der Waals surface area (Å²) < 4.78 is 0. The first-order valence-electron chi connectivity index (χ1n) is 6.64. The molecule has 0 fully saturated rings. The van der Waals surface area contributed by atoms with E-state index in [2.05, 4.69) is 18.8 Å². The fourth-order valence-electron chi connectivity index (χ4n) is 2.01. The topological polar surface area (TPSA) is 72.7 Å². The van der Waals surface area contributed by atoms with Gasteiger partial charge in [-0.2, -0.15) is 0 Å². The molecule has 1 atom stereocenters. The van der Waals surface area contributed by atoms with Crippen molar-refractivity contribution in [3.05, 3.63) is 30.4 Å². The third-order valence-electron chi connectivity index (χ3n) is 3.34. The molecule has 4 heteroatoms. The third-order valence-corrected chi connectivity index (χ3v) is 3.34. The summed E-state index contributed by atoms with van der Waals surface area (Å²) in [5.74, 6) is -0.395. The Morgan fingerprint density at radius 3 is 2.63 bits per heavy atom. The lowest BCUT2D eigenvalue weighted by Gasteiger charge is -2.13. The summed E-state index contributed by atoms with van der Waals surface area (Å²) in [5, 5.41) is 31.5. The monoisotopic (exact) mass is 265 g/mol. The standard InChI is InChI=1S/C15H23NO3/c1-3-5-11(4-2)8-9-16-10-12-6-7-13(17)15(19)14(12)18/h3,6-7,11,16-19H,1,4-5,8-10H2,2H3. The Bertz CT molecular complexity index is 418. The van der Waals surface area contributed by atoms with Gasteiger partial charge in [0.2, 0.25) is 5.75 Å². The second-order valence-corrected chi connectivity index (χ2v) is 4.71. The van der Waals surface area contributed by atoms with Gasteiger partial charge in [0.15, 0.2) is 11.5 Å². The van der Waals surface area contributed by atoms with E-state index in [1.54, 1.807) is 6.07 Å². The van der Waals surface area contributed by atoms with Crippen LogP contribution in [0.25, 0.3) is 0 Å². The van der Waals surface area contributed by atoms with Crippen LogP contribution in [0.2, 0.25) is 0 Å². The fraction of sp³-hybridized carbons (Fsp3) is 0.467. The Balaban J connectivity index is 2.41. The molecule has 0 amide bonds. The molecule has 0 spiro atoms. The summed E-state index contributed by atoms with van der Waals surface area (Å²) in [4.78, 5) is 0. The number of rotatable bonds is 8. The molecule has 0 saturated carbocycles. The molecule has 0 aliphatic carbocycles. The van der Waals surface area contributed by atoms with Crippen molar-refractivity contribution in [2.75, 3.05) is 6.54 Å². The van der Waals surface area contributed by atoms with Crippen molar-refractivity contribution in [2.24, 2.45) is 5.92 Å². The van der Waals surface area contributed by atoms with E-state index in [-0.39, 0.29) is 11.5 Å². The Morgan fingerprint density at radius 2 is 2.00 bits per heavy atom. The van der Waals surface area contributed by atoms with Crippen molar-refractivity contribution in [3.8, 4) is 17.2 Å². The summed E-state index contributed by atoms with van der Waals surface area (Å²) in [6.07, 6.45) is 5.13. The van der Waals surface area contributed by atoms with Crippen molar-refractivity contribution in [2.45, 2.75) is 32.7 Å². The van der Waals surface area contributed by atoms with E-state index < -0.39 is 5.75 Å². The van der Waals surface area contributed by atoms with Crippen LogP contribution in [-0.4, -0.2) is 21.9 Å². The van der Waals surface area contributed by atoms with E-state index in [1.165, 1.54) is 6.07 Å². The Kier molecular flexibility index (Phi) is 6.22. The highest BCUT2D eigenvalue weighted by Gasteiger charge is 2.10. The van der Waals surface area contributed by atoms with Gasteiger partial charge in [0.25, 0.3) is 0 Å². The van der Waals surface area contributed by atoms with E-state index in [1.807, 2.05) is 6.08 Å². The molecular formula is C15H23NO3. The molecule has 1 aromatic rings. The molecule has 19 heavy (non-hydrogen) atoms. The number of hydrogen-bond acceptors (Lipinski definition) is 4. The zero-order valence-corrected chi connectivity index (χ0v) is 11.4. The van der Waals surface area contributed by atoms with E-state index in [9.17, 15) is 15.3 Å². The zero-order chi connectivity index (χ0) is 14.3. The number of hydrogen-bond donors (Lipinski definition) is 4. The van der Waals surface area contributed by atoms with Gasteiger partial charge in [-0.25, -0.2) is 0 Å². The van der Waals surface area contributed by atoms with Crippen LogP contribution < -0.4 is 5.32 Å². The first-order chi connectivity index (χ1) is 9.10. The minimum atomic E-state index is -0.461. The van der Waals surface area contributed by atoms with Crippen LogP contribution in [0.4, 0.5) is 0 Å². The van der Waals surface area contributed by atoms with Crippen LogP contribution in [-0.2, 0) is 6.54 Å². The molecule has 1 aromatic carbocycles. The first kappa shape index (κ1) is 15.4. The van der Waals surface area contributed by atoms with E-state index in [0.29, 0.717) is 18.0 Å². The second-order valence-electron chi connectivity index (χ2n) is 4.71. The highest BCUT2D eigenvalue weighted by atomic mass is 16.3. The average molecular weight is 265 g/mol. The Labute approximate surface area is 114 Å². The molecule has 0 radical (unpaired) electrons. The molecule has 4 N–H and O–H groups in total. The van der Waals surface area contributed by atoms with Gasteiger partial charge in [-0.05, 0) is 31.4 Å². The lowest BCUT2D eigenvalue weighted by molar-refractivity contribution is 0.363. The van der Waals surface area contributed by atoms with E-state index >= 15 is 0 Å². The largest absolute Gasteiger partial charge is 0.504 e. The second kappa shape index (κ2) is 7.69. The summed E-state index contributed by atoms with van der Waals surface area (Å²) in [5.41, 5.74) is 0.576. The SMILES string of the molecule is C=CCC(CC)CCNCc1ccc(O)c(O)c1O. The van der Waals surface area contributed by atoms with Gasteiger partial charge in [-0.15, -0.1) is 6.58 Å². The summed E-state index contributed by atoms with van der Waals surface area (Å²) in [6, 6.07) is 2.97. The molecule has 0 saturated heterocycles. The molecule has 106 valence electrons. The van der Waals surface area contributed by atoms with Gasteiger partial charge in [0.1, 0.15) is 0 Å². The average Bonchev–Trinajstić information content (AvgIpc) is 2.41. The minimum Gasteiger partial charge on any atom is -0.504 e. The van der Waals surface area contributed by atoms with Gasteiger partial charge in [0, 0.05) is 12.1 Å². The molecule has 0 bridgehead atoms. The number of benzene rings is 1. The van der Waals surface area contributed by atoms with Crippen molar-refractivity contribution < 1.29 is 15.3 Å². The Morgan fingerprint density at radius 1 is 1.26 bits per heavy atom. The zero-order valence-electron chi connectivity index (χ0n) is 11.4. The first-order valence-corrected chi connectivity index (χ1v) is 6.64. The van der Waals surface area contributed by atoms with Crippen LogP contribution in [0.15, 0.2) is 24.8 Å². The number of allylic oxidation sites excluding steroid dienone is 1. The number of phenols is 3. The van der Waals surface area contributed by atoms with Crippen molar-refractivity contribution >= 4 is 0 Å². The molecule has 0 aliphatic heterocycles. The Hall–Kier alpha value is -1.68. The minimum absolute atomic E-state index is 0.259. The molecule has 0 aliphatic rings. The van der Waals surface area contributed by atoms with Crippen LogP contribution >= 0.6 is 0 Å².